The zero-order valence-electron chi connectivity index (χ0n) is 6.52. The number of rotatable bonds is 5. The minimum Gasteiger partial charge on any atom is -0.375 e. The molecule has 0 aliphatic carbocycles. The first kappa shape index (κ1) is 10.0. The van der Waals surface area contributed by atoms with Crippen LogP contribution in [0.25, 0.3) is 0 Å². The largest absolute Gasteiger partial charge is 0.533 e. The summed E-state index contributed by atoms with van der Waals surface area (Å²) in [6, 6.07) is 0. The van der Waals surface area contributed by atoms with Crippen LogP contribution in [0.2, 0.25) is 0 Å². The number of hydrogen-bond donors (Lipinski definition) is 0. The number of alkyl halides is 1. The highest BCUT2D eigenvalue weighted by atomic mass is 28.4. The lowest BCUT2D eigenvalue weighted by Gasteiger charge is -2.21. The predicted octanol–water partition coefficient (Wildman–Crippen LogP) is 0.763. The molecule has 0 spiro atoms. The van der Waals surface area contributed by atoms with E-state index in [0.717, 1.165) is 0 Å². The molecular weight excluding hydrogens is 155 g/mol. The van der Waals surface area contributed by atoms with E-state index < -0.39 is 15.1 Å². The van der Waals surface area contributed by atoms with Gasteiger partial charge in [0.2, 0.25) is 0 Å². The molecule has 0 heterocycles. The maximum atomic E-state index is 12.2. The molecule has 0 saturated heterocycles. The maximum absolute atomic E-state index is 12.2. The number of halogens is 1. The normalized spacial score (nSPS) is 12.0. The Morgan fingerprint density at radius 1 is 1.30 bits per heavy atom. The van der Waals surface area contributed by atoms with Crippen LogP contribution in [-0.4, -0.2) is 35.9 Å². The third kappa shape index (κ3) is 2.34. The number of hydrogen-bond acceptors (Lipinski definition) is 3. The zero-order chi connectivity index (χ0) is 8.04. The van der Waals surface area contributed by atoms with Gasteiger partial charge in [0.05, 0.1) is 0 Å². The van der Waals surface area contributed by atoms with Gasteiger partial charge >= 0.3 is 8.80 Å². The highest BCUT2D eigenvalue weighted by Gasteiger charge is 2.38. The molecule has 0 saturated carbocycles. The second-order valence-electron chi connectivity index (χ2n) is 1.66. The van der Waals surface area contributed by atoms with E-state index in [-0.39, 0.29) is 0 Å². The van der Waals surface area contributed by atoms with Crippen LogP contribution in [0, 0.1) is 0 Å². The Labute approximate surface area is 61.5 Å². The molecule has 0 bridgehead atoms. The van der Waals surface area contributed by atoms with Crippen LogP contribution in [0.5, 0.6) is 0 Å². The van der Waals surface area contributed by atoms with E-state index in [1.165, 1.54) is 14.2 Å². The van der Waals surface area contributed by atoms with Crippen molar-refractivity contribution < 1.29 is 17.7 Å². The summed E-state index contributed by atoms with van der Waals surface area (Å²) < 4.78 is 26.8. The van der Waals surface area contributed by atoms with E-state index in [2.05, 4.69) is 0 Å². The lowest BCUT2D eigenvalue weighted by molar-refractivity contribution is 0.0931. The average Bonchev–Trinajstić information content (AvgIpc) is 2.01. The van der Waals surface area contributed by atoms with E-state index in [9.17, 15) is 4.39 Å². The first-order valence-corrected chi connectivity index (χ1v) is 4.98. The summed E-state index contributed by atoms with van der Waals surface area (Å²) in [5.74, 6) is 0. The van der Waals surface area contributed by atoms with Gasteiger partial charge in [-0.15, -0.1) is 0 Å². The highest BCUT2D eigenvalue weighted by molar-refractivity contribution is 6.60. The molecule has 0 aromatic carbocycles. The smallest absolute Gasteiger partial charge is 0.375 e. The second-order valence-corrected chi connectivity index (χ2v) is 4.40. The van der Waals surface area contributed by atoms with Crippen LogP contribution in [0.3, 0.4) is 0 Å². The average molecular weight is 168 g/mol. The van der Waals surface area contributed by atoms with Crippen molar-refractivity contribution in [1.82, 2.24) is 0 Å². The fourth-order valence-electron chi connectivity index (χ4n) is 0.569. The fourth-order valence-corrected chi connectivity index (χ4v) is 1.71. The molecule has 0 aliphatic heterocycles. The van der Waals surface area contributed by atoms with Crippen molar-refractivity contribution in [3.63, 3.8) is 0 Å². The van der Waals surface area contributed by atoms with Crippen molar-refractivity contribution in [3.05, 3.63) is 0 Å². The Bertz CT molecular complexity index is 78.7. The third-order valence-corrected chi connectivity index (χ3v) is 3.45. The van der Waals surface area contributed by atoms with Crippen molar-refractivity contribution in [3.8, 4) is 0 Å². The standard InChI is InChI=1S/C5H13FO3Si/c1-4-9-10(5-6,7-2)8-3/h4-5H2,1-3H3. The maximum Gasteiger partial charge on any atom is 0.533 e. The van der Waals surface area contributed by atoms with Crippen molar-refractivity contribution in [2.45, 2.75) is 6.92 Å². The van der Waals surface area contributed by atoms with E-state index in [4.69, 9.17) is 13.3 Å². The summed E-state index contributed by atoms with van der Waals surface area (Å²) >= 11 is 0. The molecule has 10 heavy (non-hydrogen) atoms. The SMILES string of the molecule is CCO[Si](CF)(OC)OC. The molecule has 0 aliphatic rings. The predicted molar refractivity (Wildman–Crippen MR) is 37.4 cm³/mol. The summed E-state index contributed by atoms with van der Waals surface area (Å²) in [7, 11) is -0.0964. The molecule has 0 unspecified atom stereocenters. The molecule has 0 aromatic heterocycles. The summed E-state index contributed by atoms with van der Waals surface area (Å²) in [4.78, 5) is 0. The van der Waals surface area contributed by atoms with Gasteiger partial charge in [-0.05, 0) is 6.92 Å². The van der Waals surface area contributed by atoms with E-state index in [1.54, 1.807) is 6.92 Å². The summed E-state index contributed by atoms with van der Waals surface area (Å²) in [5, 5.41) is 0. The molecule has 3 nitrogen and oxygen atoms in total. The Morgan fingerprint density at radius 3 is 1.90 bits per heavy atom. The summed E-state index contributed by atoms with van der Waals surface area (Å²) in [5.41, 5.74) is 0. The van der Waals surface area contributed by atoms with Gasteiger partial charge in [-0.25, -0.2) is 4.39 Å². The van der Waals surface area contributed by atoms with Crippen LogP contribution in [0.4, 0.5) is 4.39 Å². The Balaban J connectivity index is 3.87. The lowest BCUT2D eigenvalue weighted by atomic mass is 10.9. The van der Waals surface area contributed by atoms with Gasteiger partial charge in [-0.3, -0.25) is 0 Å². The highest BCUT2D eigenvalue weighted by Crippen LogP contribution is 2.06. The van der Waals surface area contributed by atoms with Crippen molar-refractivity contribution in [2.75, 3.05) is 27.1 Å². The van der Waals surface area contributed by atoms with Crippen LogP contribution in [-0.2, 0) is 13.3 Å². The van der Waals surface area contributed by atoms with Crippen molar-refractivity contribution in [1.29, 1.82) is 0 Å². The van der Waals surface area contributed by atoms with Crippen LogP contribution in [0.1, 0.15) is 6.92 Å². The molecule has 0 aromatic rings. The first-order chi connectivity index (χ1) is 4.74. The molecule has 0 amide bonds. The van der Waals surface area contributed by atoms with Crippen LogP contribution >= 0.6 is 0 Å². The molecule has 5 heteroatoms. The Kier molecular flexibility index (Phi) is 4.80. The monoisotopic (exact) mass is 168 g/mol. The molecule has 0 atom stereocenters. The zero-order valence-corrected chi connectivity index (χ0v) is 7.52. The fraction of sp³-hybridized carbons (Fsp3) is 1.00. The Hall–Kier alpha value is 0.0269. The molecule has 62 valence electrons. The van der Waals surface area contributed by atoms with Gasteiger partial charge in [-0.1, -0.05) is 0 Å². The molecule has 0 fully saturated rings. The lowest BCUT2D eigenvalue weighted by Crippen LogP contribution is -2.46. The van der Waals surface area contributed by atoms with Gasteiger partial charge in [0, 0.05) is 20.8 Å². The summed E-state index contributed by atoms with van der Waals surface area (Å²) in [6.45, 7) is 2.19. The molecule has 0 radical (unpaired) electrons. The molecule has 0 rings (SSSR count). The topological polar surface area (TPSA) is 27.7 Å². The van der Waals surface area contributed by atoms with Gasteiger partial charge in [-0.2, -0.15) is 0 Å². The second kappa shape index (κ2) is 4.78. The van der Waals surface area contributed by atoms with Crippen molar-refractivity contribution in [2.24, 2.45) is 0 Å². The quantitative estimate of drug-likeness (QED) is 0.567. The van der Waals surface area contributed by atoms with E-state index >= 15 is 0 Å². The molecular formula is C5H13FO3Si. The first-order valence-electron chi connectivity index (χ1n) is 3.05. The third-order valence-electron chi connectivity index (χ3n) is 1.15. The van der Waals surface area contributed by atoms with E-state index in [1.807, 2.05) is 0 Å². The summed E-state index contributed by atoms with van der Waals surface area (Å²) in [6.07, 6.45) is -0.673. The minimum atomic E-state index is -2.88. The van der Waals surface area contributed by atoms with Crippen LogP contribution < -0.4 is 0 Å². The molecule has 0 N–H and O–H groups in total. The van der Waals surface area contributed by atoms with Gasteiger partial charge in [0.25, 0.3) is 0 Å². The van der Waals surface area contributed by atoms with E-state index in [0.29, 0.717) is 6.61 Å². The van der Waals surface area contributed by atoms with Gasteiger partial charge < -0.3 is 13.3 Å². The van der Waals surface area contributed by atoms with Gasteiger partial charge in [0.1, 0.15) is 0 Å². The minimum absolute atomic E-state index is 0.415. The Morgan fingerprint density at radius 2 is 1.80 bits per heavy atom. The van der Waals surface area contributed by atoms with Crippen LogP contribution in [0.15, 0.2) is 0 Å². The van der Waals surface area contributed by atoms with Gasteiger partial charge in [0.15, 0.2) is 6.30 Å². The van der Waals surface area contributed by atoms with Crippen molar-refractivity contribution >= 4 is 8.80 Å².